The Kier molecular flexibility index (Phi) is 5.67. The highest BCUT2D eigenvalue weighted by molar-refractivity contribution is 7.99. The molecule has 2 rings (SSSR count). The van der Waals surface area contributed by atoms with Gasteiger partial charge in [-0.15, -0.1) is 11.8 Å². The minimum absolute atomic E-state index is 0.169. The Morgan fingerprint density at radius 1 is 1.37 bits per heavy atom. The van der Waals surface area contributed by atoms with Gasteiger partial charge in [-0.2, -0.15) is 0 Å². The minimum Gasteiger partial charge on any atom is -0.329 e. The molecule has 0 saturated carbocycles. The number of hydrogen-bond donors (Lipinski definition) is 1. The number of rotatable bonds is 5. The SMILES string of the molecule is CC1CCCN(CCSc2ccc(F)cc2)C1CN. The molecule has 0 aromatic heterocycles. The van der Waals surface area contributed by atoms with Crippen molar-refractivity contribution in [2.75, 3.05) is 25.4 Å². The maximum absolute atomic E-state index is 12.8. The summed E-state index contributed by atoms with van der Waals surface area (Å²) >= 11 is 1.79. The highest BCUT2D eigenvalue weighted by Crippen LogP contribution is 2.24. The first kappa shape index (κ1) is 14.8. The average molecular weight is 282 g/mol. The van der Waals surface area contributed by atoms with Gasteiger partial charge in [-0.3, -0.25) is 4.90 Å². The number of thioether (sulfide) groups is 1. The Labute approximate surface area is 119 Å². The van der Waals surface area contributed by atoms with Crippen molar-refractivity contribution in [3.8, 4) is 0 Å². The molecule has 2 unspecified atom stereocenters. The number of benzene rings is 1. The molecule has 106 valence electrons. The fourth-order valence-corrected chi connectivity index (χ4v) is 3.70. The second-order valence-electron chi connectivity index (χ2n) is 5.26. The lowest BCUT2D eigenvalue weighted by Gasteiger charge is -2.39. The Balaban J connectivity index is 1.79. The van der Waals surface area contributed by atoms with Crippen molar-refractivity contribution in [1.29, 1.82) is 0 Å². The molecule has 0 spiro atoms. The average Bonchev–Trinajstić information content (AvgIpc) is 2.41. The summed E-state index contributed by atoms with van der Waals surface area (Å²) < 4.78 is 12.8. The van der Waals surface area contributed by atoms with Crippen LogP contribution in [0.5, 0.6) is 0 Å². The van der Waals surface area contributed by atoms with Crippen LogP contribution in [0.4, 0.5) is 4.39 Å². The van der Waals surface area contributed by atoms with Crippen LogP contribution >= 0.6 is 11.8 Å². The number of piperidine rings is 1. The van der Waals surface area contributed by atoms with Crippen LogP contribution in [-0.4, -0.2) is 36.3 Å². The lowest BCUT2D eigenvalue weighted by atomic mass is 9.91. The lowest BCUT2D eigenvalue weighted by molar-refractivity contribution is 0.114. The first-order valence-electron chi connectivity index (χ1n) is 7.03. The van der Waals surface area contributed by atoms with Crippen molar-refractivity contribution in [1.82, 2.24) is 4.90 Å². The Morgan fingerprint density at radius 2 is 2.11 bits per heavy atom. The van der Waals surface area contributed by atoms with Gasteiger partial charge in [0.25, 0.3) is 0 Å². The van der Waals surface area contributed by atoms with E-state index in [1.165, 1.54) is 25.0 Å². The summed E-state index contributed by atoms with van der Waals surface area (Å²) in [5.74, 6) is 1.57. The monoisotopic (exact) mass is 282 g/mol. The van der Waals surface area contributed by atoms with Gasteiger partial charge in [0.05, 0.1) is 0 Å². The summed E-state index contributed by atoms with van der Waals surface area (Å²) in [5, 5.41) is 0. The molecule has 4 heteroatoms. The van der Waals surface area contributed by atoms with Gasteiger partial charge in [0, 0.05) is 29.8 Å². The Bertz CT molecular complexity index is 382. The number of halogens is 1. The maximum Gasteiger partial charge on any atom is 0.123 e. The van der Waals surface area contributed by atoms with Crippen LogP contribution < -0.4 is 5.73 Å². The predicted octanol–water partition coefficient (Wildman–Crippen LogP) is 2.98. The third kappa shape index (κ3) is 4.20. The van der Waals surface area contributed by atoms with Crippen molar-refractivity contribution in [3.63, 3.8) is 0 Å². The Hall–Kier alpha value is -0.580. The van der Waals surface area contributed by atoms with E-state index in [1.807, 2.05) is 12.1 Å². The van der Waals surface area contributed by atoms with Gasteiger partial charge in [0.15, 0.2) is 0 Å². The molecule has 0 radical (unpaired) electrons. The molecule has 1 heterocycles. The molecule has 2 nitrogen and oxygen atoms in total. The summed E-state index contributed by atoms with van der Waals surface area (Å²) in [4.78, 5) is 3.65. The van der Waals surface area contributed by atoms with Crippen LogP contribution in [0.1, 0.15) is 19.8 Å². The fraction of sp³-hybridized carbons (Fsp3) is 0.600. The molecule has 1 fully saturated rings. The molecule has 0 amide bonds. The number of likely N-dealkylation sites (tertiary alicyclic amines) is 1. The first-order valence-corrected chi connectivity index (χ1v) is 8.01. The lowest BCUT2D eigenvalue weighted by Crippen LogP contribution is -2.49. The van der Waals surface area contributed by atoms with Gasteiger partial charge in [-0.1, -0.05) is 6.92 Å². The minimum atomic E-state index is -0.169. The number of hydrogen-bond acceptors (Lipinski definition) is 3. The predicted molar refractivity (Wildman–Crippen MR) is 79.9 cm³/mol. The third-order valence-corrected chi connectivity index (χ3v) is 4.93. The molecule has 0 bridgehead atoms. The van der Waals surface area contributed by atoms with Crippen LogP contribution in [0.2, 0.25) is 0 Å². The molecule has 1 aromatic rings. The zero-order chi connectivity index (χ0) is 13.7. The summed E-state index contributed by atoms with van der Waals surface area (Å²) in [7, 11) is 0. The summed E-state index contributed by atoms with van der Waals surface area (Å²) in [5.41, 5.74) is 5.89. The summed E-state index contributed by atoms with van der Waals surface area (Å²) in [6.07, 6.45) is 2.57. The van der Waals surface area contributed by atoms with Crippen LogP contribution in [0.3, 0.4) is 0 Å². The van der Waals surface area contributed by atoms with Crippen molar-refractivity contribution < 1.29 is 4.39 Å². The van der Waals surface area contributed by atoms with E-state index >= 15 is 0 Å². The largest absolute Gasteiger partial charge is 0.329 e. The van der Waals surface area contributed by atoms with Gasteiger partial charge in [0.2, 0.25) is 0 Å². The molecule has 2 atom stereocenters. The molecule has 1 aliphatic rings. The molecule has 2 N–H and O–H groups in total. The second-order valence-corrected chi connectivity index (χ2v) is 6.43. The van der Waals surface area contributed by atoms with Crippen LogP contribution in [0.15, 0.2) is 29.2 Å². The van der Waals surface area contributed by atoms with Crippen molar-refractivity contribution in [2.45, 2.75) is 30.7 Å². The van der Waals surface area contributed by atoms with E-state index in [4.69, 9.17) is 5.73 Å². The molecular weight excluding hydrogens is 259 g/mol. The summed E-state index contributed by atoms with van der Waals surface area (Å²) in [6, 6.07) is 7.27. The number of nitrogens with zero attached hydrogens (tertiary/aromatic N) is 1. The maximum atomic E-state index is 12.8. The van der Waals surface area contributed by atoms with E-state index in [1.54, 1.807) is 11.8 Å². The molecule has 19 heavy (non-hydrogen) atoms. The van der Waals surface area contributed by atoms with Gasteiger partial charge >= 0.3 is 0 Å². The molecular formula is C15H23FN2S. The standard InChI is InChI=1S/C15H23FN2S/c1-12-3-2-8-18(15(12)11-17)9-10-19-14-6-4-13(16)5-7-14/h4-7,12,15H,2-3,8-11,17H2,1H3. The van der Waals surface area contributed by atoms with Crippen molar-refractivity contribution in [3.05, 3.63) is 30.1 Å². The van der Waals surface area contributed by atoms with Crippen molar-refractivity contribution in [2.24, 2.45) is 11.7 Å². The fourth-order valence-electron chi connectivity index (χ4n) is 2.81. The quantitative estimate of drug-likeness (QED) is 0.842. The van der Waals surface area contributed by atoms with E-state index in [9.17, 15) is 4.39 Å². The highest BCUT2D eigenvalue weighted by Gasteiger charge is 2.26. The molecule has 1 aliphatic heterocycles. The van der Waals surface area contributed by atoms with Gasteiger partial charge in [0.1, 0.15) is 5.82 Å². The van der Waals surface area contributed by atoms with Crippen LogP contribution in [0, 0.1) is 11.7 Å². The topological polar surface area (TPSA) is 29.3 Å². The zero-order valence-electron chi connectivity index (χ0n) is 11.5. The van der Waals surface area contributed by atoms with E-state index in [-0.39, 0.29) is 5.82 Å². The normalized spacial score (nSPS) is 24.6. The van der Waals surface area contributed by atoms with Gasteiger partial charge in [-0.25, -0.2) is 4.39 Å². The van der Waals surface area contributed by atoms with Gasteiger partial charge < -0.3 is 5.73 Å². The smallest absolute Gasteiger partial charge is 0.123 e. The van der Waals surface area contributed by atoms with E-state index in [2.05, 4.69) is 11.8 Å². The van der Waals surface area contributed by atoms with E-state index in [0.717, 1.165) is 30.3 Å². The van der Waals surface area contributed by atoms with Crippen LogP contribution in [0.25, 0.3) is 0 Å². The van der Waals surface area contributed by atoms with E-state index < -0.39 is 0 Å². The van der Waals surface area contributed by atoms with Crippen molar-refractivity contribution >= 4 is 11.8 Å². The zero-order valence-corrected chi connectivity index (χ0v) is 12.3. The number of nitrogens with two attached hydrogens (primary N) is 1. The third-order valence-electron chi connectivity index (χ3n) is 3.93. The molecule has 1 saturated heterocycles. The molecule has 0 aliphatic carbocycles. The van der Waals surface area contributed by atoms with E-state index in [0.29, 0.717) is 12.0 Å². The highest BCUT2D eigenvalue weighted by atomic mass is 32.2. The summed E-state index contributed by atoms with van der Waals surface area (Å²) in [6.45, 7) is 5.28. The molecule has 1 aromatic carbocycles. The van der Waals surface area contributed by atoms with Crippen LogP contribution in [-0.2, 0) is 0 Å². The Morgan fingerprint density at radius 3 is 2.79 bits per heavy atom. The van der Waals surface area contributed by atoms with Gasteiger partial charge in [-0.05, 0) is 49.6 Å². The first-order chi connectivity index (χ1) is 9.20. The second kappa shape index (κ2) is 7.27.